The van der Waals surface area contributed by atoms with E-state index in [4.69, 9.17) is 5.73 Å². The van der Waals surface area contributed by atoms with Gasteiger partial charge in [-0.3, -0.25) is 4.79 Å². The summed E-state index contributed by atoms with van der Waals surface area (Å²) in [5.74, 6) is 1.90. The van der Waals surface area contributed by atoms with Crippen LogP contribution < -0.4 is 11.1 Å². The van der Waals surface area contributed by atoms with E-state index >= 15 is 0 Å². The molecule has 4 saturated carbocycles. The minimum absolute atomic E-state index is 0.0798. The summed E-state index contributed by atoms with van der Waals surface area (Å²) in [5.41, 5.74) is 6.13. The molecule has 3 heteroatoms. The minimum Gasteiger partial charge on any atom is -0.349 e. The maximum absolute atomic E-state index is 13.2. The van der Waals surface area contributed by atoms with Crippen LogP contribution in [0, 0.1) is 22.7 Å². The smallest absolute Gasteiger partial charge is 0.226 e. The summed E-state index contributed by atoms with van der Waals surface area (Å²) in [6.45, 7) is 7.24. The van der Waals surface area contributed by atoms with Crippen molar-refractivity contribution in [3.05, 3.63) is 0 Å². The molecule has 0 saturated heterocycles. The summed E-state index contributed by atoms with van der Waals surface area (Å²) in [7, 11) is 0. The maximum Gasteiger partial charge on any atom is 0.226 e. The predicted molar refractivity (Wildman–Crippen MR) is 85.7 cm³/mol. The van der Waals surface area contributed by atoms with Gasteiger partial charge in [-0.1, -0.05) is 20.8 Å². The van der Waals surface area contributed by atoms with Crippen molar-refractivity contribution < 1.29 is 4.79 Å². The fraction of sp³-hybridized carbons (Fsp3) is 0.944. The van der Waals surface area contributed by atoms with E-state index in [1.165, 1.54) is 19.3 Å². The Labute approximate surface area is 129 Å². The molecule has 120 valence electrons. The normalized spacial score (nSPS) is 41.3. The number of amides is 1. The molecule has 0 aromatic heterocycles. The molecule has 4 aliphatic carbocycles. The summed E-state index contributed by atoms with van der Waals surface area (Å²) in [6.07, 6.45) is 9.27. The van der Waals surface area contributed by atoms with Gasteiger partial charge in [0.25, 0.3) is 0 Å². The molecule has 0 heterocycles. The molecule has 0 aromatic rings. The van der Waals surface area contributed by atoms with Gasteiger partial charge in [0, 0.05) is 6.54 Å². The second kappa shape index (κ2) is 4.97. The van der Waals surface area contributed by atoms with Crippen molar-refractivity contribution in [2.24, 2.45) is 28.4 Å². The molecule has 4 rings (SSSR count). The van der Waals surface area contributed by atoms with Crippen molar-refractivity contribution in [2.45, 2.75) is 77.7 Å². The van der Waals surface area contributed by atoms with Crippen molar-refractivity contribution in [3.63, 3.8) is 0 Å². The molecule has 2 unspecified atom stereocenters. The van der Waals surface area contributed by atoms with Gasteiger partial charge in [-0.15, -0.1) is 0 Å². The highest BCUT2D eigenvalue weighted by atomic mass is 16.2. The Bertz CT molecular complexity index is 405. The van der Waals surface area contributed by atoms with Gasteiger partial charge in [0.2, 0.25) is 5.91 Å². The number of nitrogens with two attached hydrogens (primary N) is 1. The zero-order valence-corrected chi connectivity index (χ0v) is 14.0. The van der Waals surface area contributed by atoms with Crippen LogP contribution in [0.3, 0.4) is 0 Å². The standard InChI is InChI=1S/C18H32N2O/c1-4-18(5-2,12-19)20-15(21)17-9-13-6-14(10-17)8-16(3,7-13)11-17/h13-14H,4-12,19H2,1-3H3,(H,20,21). The Kier molecular flexibility index (Phi) is 3.63. The molecule has 4 bridgehead atoms. The fourth-order valence-electron chi connectivity index (χ4n) is 6.13. The number of hydrogen-bond acceptors (Lipinski definition) is 2. The Morgan fingerprint density at radius 1 is 1.19 bits per heavy atom. The number of nitrogens with one attached hydrogen (secondary N) is 1. The van der Waals surface area contributed by atoms with Crippen LogP contribution in [0.1, 0.15) is 72.1 Å². The lowest BCUT2D eigenvalue weighted by atomic mass is 9.44. The first-order valence-electron chi connectivity index (χ1n) is 8.91. The number of hydrogen-bond donors (Lipinski definition) is 2. The first-order valence-corrected chi connectivity index (χ1v) is 8.91. The van der Waals surface area contributed by atoms with Crippen molar-refractivity contribution in [3.8, 4) is 0 Å². The monoisotopic (exact) mass is 292 g/mol. The maximum atomic E-state index is 13.2. The van der Waals surface area contributed by atoms with Crippen LogP contribution in [0.5, 0.6) is 0 Å². The number of rotatable bonds is 5. The van der Waals surface area contributed by atoms with Gasteiger partial charge in [0.05, 0.1) is 11.0 Å². The lowest BCUT2D eigenvalue weighted by molar-refractivity contribution is -0.157. The van der Waals surface area contributed by atoms with Gasteiger partial charge in [-0.25, -0.2) is 0 Å². The molecule has 0 radical (unpaired) electrons. The Morgan fingerprint density at radius 2 is 1.76 bits per heavy atom. The Hall–Kier alpha value is -0.570. The second-order valence-electron chi connectivity index (χ2n) is 8.70. The number of carbonyl (C=O) groups excluding carboxylic acids is 1. The first kappa shape index (κ1) is 15.3. The van der Waals surface area contributed by atoms with Crippen molar-refractivity contribution in [1.82, 2.24) is 5.32 Å². The van der Waals surface area contributed by atoms with Crippen LogP contribution in [-0.4, -0.2) is 18.0 Å². The zero-order valence-electron chi connectivity index (χ0n) is 14.0. The summed E-state index contributed by atoms with van der Waals surface area (Å²) >= 11 is 0. The molecule has 21 heavy (non-hydrogen) atoms. The fourth-order valence-corrected chi connectivity index (χ4v) is 6.13. The lowest BCUT2D eigenvalue weighted by Gasteiger charge is -2.60. The highest BCUT2D eigenvalue weighted by Crippen LogP contribution is 2.65. The van der Waals surface area contributed by atoms with Crippen molar-refractivity contribution in [1.29, 1.82) is 0 Å². The van der Waals surface area contributed by atoms with Gasteiger partial charge >= 0.3 is 0 Å². The summed E-state index contributed by atoms with van der Waals surface area (Å²) in [6, 6.07) is 0. The first-order chi connectivity index (χ1) is 9.88. The van der Waals surface area contributed by atoms with Gasteiger partial charge in [0.1, 0.15) is 0 Å². The summed E-state index contributed by atoms with van der Waals surface area (Å²) in [4.78, 5) is 13.2. The summed E-state index contributed by atoms with van der Waals surface area (Å²) < 4.78 is 0. The van der Waals surface area contributed by atoms with Crippen LogP contribution in [-0.2, 0) is 4.79 Å². The molecule has 3 nitrogen and oxygen atoms in total. The van der Waals surface area contributed by atoms with Crippen molar-refractivity contribution >= 4 is 5.91 Å². The third-order valence-corrected chi connectivity index (χ3v) is 6.96. The third-order valence-electron chi connectivity index (χ3n) is 6.96. The zero-order chi connectivity index (χ0) is 15.3. The van der Waals surface area contributed by atoms with E-state index in [0.717, 1.165) is 43.9 Å². The SMILES string of the molecule is CCC(CC)(CN)NC(=O)C12CC3CC(CC(C)(C3)C1)C2. The van der Waals surface area contributed by atoms with Crippen LogP contribution in [0.2, 0.25) is 0 Å². The van der Waals surface area contributed by atoms with E-state index in [-0.39, 0.29) is 11.0 Å². The largest absolute Gasteiger partial charge is 0.349 e. The minimum atomic E-state index is -0.193. The molecular weight excluding hydrogens is 260 g/mol. The van der Waals surface area contributed by atoms with Crippen LogP contribution >= 0.6 is 0 Å². The molecule has 0 spiro atoms. The van der Waals surface area contributed by atoms with Crippen LogP contribution in [0.15, 0.2) is 0 Å². The second-order valence-corrected chi connectivity index (χ2v) is 8.70. The molecule has 1 amide bonds. The molecule has 0 aliphatic heterocycles. The average Bonchev–Trinajstić information content (AvgIpc) is 2.42. The molecule has 2 atom stereocenters. The van der Waals surface area contributed by atoms with E-state index < -0.39 is 0 Å². The predicted octanol–water partition coefficient (Wildman–Crippen LogP) is 3.23. The molecule has 4 fully saturated rings. The van der Waals surface area contributed by atoms with Crippen LogP contribution in [0.25, 0.3) is 0 Å². The highest BCUT2D eigenvalue weighted by molar-refractivity contribution is 5.84. The van der Waals surface area contributed by atoms with Gasteiger partial charge in [-0.2, -0.15) is 0 Å². The summed E-state index contributed by atoms with van der Waals surface area (Å²) in [5, 5.41) is 3.39. The molecular formula is C18H32N2O. The molecule has 4 aliphatic rings. The van der Waals surface area contributed by atoms with Gasteiger partial charge < -0.3 is 11.1 Å². The van der Waals surface area contributed by atoms with E-state index in [1.54, 1.807) is 0 Å². The highest BCUT2D eigenvalue weighted by Gasteiger charge is 2.59. The van der Waals surface area contributed by atoms with E-state index in [0.29, 0.717) is 17.9 Å². The van der Waals surface area contributed by atoms with Gasteiger partial charge in [-0.05, 0) is 68.6 Å². The van der Waals surface area contributed by atoms with E-state index in [9.17, 15) is 4.79 Å². The Balaban J connectivity index is 1.81. The van der Waals surface area contributed by atoms with Gasteiger partial charge in [0.15, 0.2) is 0 Å². The van der Waals surface area contributed by atoms with Crippen LogP contribution in [0.4, 0.5) is 0 Å². The Morgan fingerprint density at radius 3 is 2.19 bits per heavy atom. The third kappa shape index (κ3) is 2.42. The number of carbonyl (C=O) groups is 1. The molecule has 3 N–H and O–H groups in total. The molecule has 0 aromatic carbocycles. The topological polar surface area (TPSA) is 55.1 Å². The average molecular weight is 292 g/mol. The van der Waals surface area contributed by atoms with E-state index in [1.807, 2.05) is 0 Å². The van der Waals surface area contributed by atoms with Crippen molar-refractivity contribution in [2.75, 3.05) is 6.54 Å². The van der Waals surface area contributed by atoms with E-state index in [2.05, 4.69) is 26.1 Å². The quantitative estimate of drug-likeness (QED) is 0.817. The lowest BCUT2D eigenvalue weighted by Crippen LogP contribution is -2.62.